The molecule has 0 radical (unpaired) electrons. The quantitative estimate of drug-likeness (QED) is 0.213. The molecule has 0 saturated carbocycles. The Kier molecular flexibility index (Phi) is 2.58. The van der Waals surface area contributed by atoms with Crippen LogP contribution >= 0.6 is 0 Å². The molecule has 0 amide bonds. The van der Waals surface area contributed by atoms with E-state index in [1.165, 1.54) is 4.90 Å². The standard InChI is InChI=1S/C36H21BN2O/c1-2-10-22(11-3-1)38-28-16-6-5-14-26(28)37-27-15-8-13-23-24-20-21-32-33(25-12-4-7-19-31(25)40-32)36(24)39(35(23)27)30-18-9-17-29(38)34(30)37/h1-21H/i1D,2D,3D,5D,6D,10D,11D,14D,16D. The van der Waals surface area contributed by atoms with Crippen LogP contribution in [0.2, 0.25) is 0 Å². The summed E-state index contributed by atoms with van der Waals surface area (Å²) in [6.07, 6.45) is 0. The first kappa shape index (κ1) is 14.3. The maximum atomic E-state index is 9.28. The van der Waals surface area contributed by atoms with Gasteiger partial charge in [0.1, 0.15) is 11.2 Å². The van der Waals surface area contributed by atoms with Gasteiger partial charge in [-0.05, 0) is 64.8 Å². The molecule has 0 saturated heterocycles. The lowest BCUT2D eigenvalue weighted by Crippen LogP contribution is -2.60. The van der Waals surface area contributed by atoms with Crippen LogP contribution in [0.1, 0.15) is 12.3 Å². The number of hydrogen-bond acceptors (Lipinski definition) is 2. The number of fused-ring (bicyclic) bond motifs is 11. The summed E-state index contributed by atoms with van der Waals surface area (Å²) in [5.41, 5.74) is 6.22. The van der Waals surface area contributed by atoms with Crippen LogP contribution in [0.25, 0.3) is 49.4 Å². The first-order valence-corrected chi connectivity index (χ1v) is 13.1. The Hall–Kier alpha value is -5.22. The second-order valence-corrected chi connectivity index (χ2v) is 10.2. The monoisotopic (exact) mass is 517 g/mol. The van der Waals surface area contributed by atoms with Gasteiger partial charge >= 0.3 is 0 Å². The summed E-state index contributed by atoms with van der Waals surface area (Å²) in [5, 5.41) is 3.86. The zero-order chi connectivity index (χ0) is 33.8. The molecule has 2 aromatic heterocycles. The predicted octanol–water partition coefficient (Wildman–Crippen LogP) is 7.30. The fourth-order valence-electron chi connectivity index (χ4n) is 6.95. The lowest BCUT2D eigenvalue weighted by Gasteiger charge is -2.40. The average Bonchev–Trinajstić information content (AvgIpc) is 3.66. The smallest absolute Gasteiger partial charge is 0.252 e. The number of benzene rings is 6. The number of anilines is 3. The van der Waals surface area contributed by atoms with Crippen molar-refractivity contribution in [3.05, 3.63) is 127 Å². The van der Waals surface area contributed by atoms with Gasteiger partial charge in [0.2, 0.25) is 0 Å². The zero-order valence-electron chi connectivity index (χ0n) is 29.8. The van der Waals surface area contributed by atoms with E-state index in [4.69, 9.17) is 14.0 Å². The third kappa shape index (κ3) is 2.39. The fourth-order valence-corrected chi connectivity index (χ4v) is 6.95. The van der Waals surface area contributed by atoms with Gasteiger partial charge in [0.05, 0.1) is 23.2 Å². The topological polar surface area (TPSA) is 21.3 Å². The van der Waals surface area contributed by atoms with Gasteiger partial charge < -0.3 is 13.9 Å². The Labute approximate surface area is 243 Å². The Morgan fingerprint density at radius 2 is 1.35 bits per heavy atom. The van der Waals surface area contributed by atoms with Gasteiger partial charge in [-0.2, -0.15) is 0 Å². The summed E-state index contributed by atoms with van der Waals surface area (Å²) in [4.78, 5) is 1.45. The van der Waals surface area contributed by atoms with Crippen molar-refractivity contribution in [3.63, 3.8) is 0 Å². The molecule has 4 heteroatoms. The minimum atomic E-state index is -0.652. The van der Waals surface area contributed by atoms with Crippen LogP contribution in [0.4, 0.5) is 17.1 Å². The van der Waals surface area contributed by atoms with Crippen molar-refractivity contribution in [1.29, 1.82) is 0 Å². The van der Waals surface area contributed by atoms with Crippen LogP contribution in [0, 0.1) is 0 Å². The minimum absolute atomic E-state index is 0.0592. The van der Waals surface area contributed by atoms with E-state index in [9.17, 15) is 2.74 Å². The van der Waals surface area contributed by atoms with E-state index in [1.807, 2.05) is 60.7 Å². The Morgan fingerprint density at radius 1 is 0.575 bits per heavy atom. The van der Waals surface area contributed by atoms with Crippen molar-refractivity contribution in [2.75, 3.05) is 4.90 Å². The highest BCUT2D eigenvalue weighted by Crippen LogP contribution is 2.44. The van der Waals surface area contributed by atoms with Crippen LogP contribution in [-0.4, -0.2) is 11.3 Å². The second kappa shape index (κ2) is 7.25. The molecular formula is C36H21BN2O. The van der Waals surface area contributed by atoms with Gasteiger partial charge in [0, 0.05) is 44.4 Å². The molecule has 8 aromatic rings. The summed E-state index contributed by atoms with van der Waals surface area (Å²) in [7, 11) is 0. The molecule has 10 rings (SSSR count). The molecule has 3 nitrogen and oxygen atoms in total. The minimum Gasteiger partial charge on any atom is -0.456 e. The molecule has 0 fully saturated rings. The van der Waals surface area contributed by atoms with Gasteiger partial charge in [-0.3, -0.25) is 0 Å². The van der Waals surface area contributed by atoms with Crippen molar-refractivity contribution in [1.82, 2.24) is 4.57 Å². The van der Waals surface area contributed by atoms with Crippen molar-refractivity contribution < 1.29 is 16.8 Å². The van der Waals surface area contributed by atoms with E-state index >= 15 is 0 Å². The van der Waals surface area contributed by atoms with Gasteiger partial charge in [-0.1, -0.05) is 78.7 Å². The van der Waals surface area contributed by atoms with Gasteiger partial charge in [0.15, 0.2) is 0 Å². The van der Waals surface area contributed by atoms with Crippen LogP contribution in [0.3, 0.4) is 0 Å². The summed E-state index contributed by atoms with van der Waals surface area (Å²) >= 11 is 0. The number of para-hydroxylation sites is 4. The maximum Gasteiger partial charge on any atom is 0.252 e. The molecule has 4 heterocycles. The summed E-state index contributed by atoms with van der Waals surface area (Å²) < 4.78 is 87.5. The van der Waals surface area contributed by atoms with Crippen molar-refractivity contribution in [3.8, 4) is 5.69 Å². The summed E-state index contributed by atoms with van der Waals surface area (Å²) in [6.45, 7) is -0.652. The molecule has 2 aliphatic heterocycles. The summed E-state index contributed by atoms with van der Waals surface area (Å²) in [6, 6.07) is 19.4. The third-order valence-corrected chi connectivity index (χ3v) is 8.38. The number of aromatic nitrogens is 1. The van der Waals surface area contributed by atoms with Crippen molar-refractivity contribution in [2.45, 2.75) is 0 Å². The van der Waals surface area contributed by atoms with E-state index in [1.54, 1.807) is 6.07 Å². The van der Waals surface area contributed by atoms with Gasteiger partial charge in [0.25, 0.3) is 6.71 Å². The van der Waals surface area contributed by atoms with Gasteiger partial charge in [-0.15, -0.1) is 0 Å². The molecule has 0 bridgehead atoms. The second-order valence-electron chi connectivity index (χ2n) is 10.2. The fraction of sp³-hybridized carbons (Fsp3) is 0. The molecule has 6 aromatic carbocycles. The first-order chi connectivity index (χ1) is 23.6. The number of nitrogens with zero attached hydrogens (tertiary/aromatic N) is 2. The van der Waals surface area contributed by atoms with E-state index in [-0.39, 0.29) is 28.9 Å². The van der Waals surface area contributed by atoms with E-state index < -0.39 is 49.0 Å². The van der Waals surface area contributed by atoms with Crippen molar-refractivity contribution in [2.24, 2.45) is 0 Å². The highest BCUT2D eigenvalue weighted by atomic mass is 16.3. The maximum absolute atomic E-state index is 9.28. The lowest BCUT2D eigenvalue weighted by atomic mass is 9.34. The van der Waals surface area contributed by atoms with E-state index in [0.717, 1.165) is 54.9 Å². The highest BCUT2D eigenvalue weighted by molar-refractivity contribution is 7.00. The van der Waals surface area contributed by atoms with Crippen LogP contribution in [0.15, 0.2) is 132 Å². The number of hydrogen-bond donors (Lipinski definition) is 0. The SMILES string of the molecule is [2H]c1c([2H])c([2H])c(N2c3cccc4c3B(c3c([2H])c([2H])c([2H])c([2H])c32)c2cccc3c5ccc6oc7ccccc7c6c5n-4c23)c([2H])c1[2H]. The van der Waals surface area contributed by atoms with Crippen LogP contribution < -0.4 is 21.3 Å². The van der Waals surface area contributed by atoms with E-state index in [0.29, 0.717) is 11.2 Å². The molecule has 40 heavy (non-hydrogen) atoms. The predicted molar refractivity (Wildman–Crippen MR) is 167 cm³/mol. The molecule has 0 N–H and O–H groups in total. The Balaban J connectivity index is 1.45. The van der Waals surface area contributed by atoms with E-state index in [2.05, 4.69) is 10.6 Å². The molecule has 184 valence electrons. The highest BCUT2D eigenvalue weighted by Gasteiger charge is 2.41. The molecule has 0 atom stereocenters. The third-order valence-electron chi connectivity index (χ3n) is 8.38. The number of rotatable bonds is 1. The normalized spacial score (nSPS) is 16.6. The Bertz CT molecular complexity index is 2830. The van der Waals surface area contributed by atoms with Crippen LogP contribution in [0.5, 0.6) is 0 Å². The van der Waals surface area contributed by atoms with Gasteiger partial charge in [-0.25, -0.2) is 0 Å². The molecular weight excluding hydrogens is 487 g/mol. The molecule has 0 spiro atoms. The average molecular weight is 517 g/mol. The largest absolute Gasteiger partial charge is 0.456 e. The zero-order valence-corrected chi connectivity index (χ0v) is 20.8. The number of furan rings is 1. The summed E-state index contributed by atoms with van der Waals surface area (Å²) in [5.74, 6) is 0. The molecule has 2 aliphatic rings. The molecule has 0 unspecified atom stereocenters. The molecule has 0 aliphatic carbocycles. The van der Waals surface area contributed by atoms with Crippen molar-refractivity contribution >= 4 is 83.9 Å². The van der Waals surface area contributed by atoms with Crippen LogP contribution in [-0.2, 0) is 0 Å². The lowest BCUT2D eigenvalue weighted by molar-refractivity contribution is 0.669. The first-order valence-electron chi connectivity index (χ1n) is 17.6. The Morgan fingerprint density at radius 3 is 2.30 bits per heavy atom.